The van der Waals surface area contributed by atoms with Crippen molar-refractivity contribution >= 4 is 41.7 Å². The van der Waals surface area contributed by atoms with Crippen LogP contribution < -0.4 is 16.4 Å². The first-order chi connectivity index (χ1) is 10.2. The summed E-state index contributed by atoms with van der Waals surface area (Å²) in [5.41, 5.74) is 8.61. The summed E-state index contributed by atoms with van der Waals surface area (Å²) >= 11 is 0. The number of rotatable bonds is 4. The number of anilines is 1. The molecule has 0 aromatic heterocycles. The lowest BCUT2D eigenvalue weighted by atomic mass is 10.1. The fourth-order valence-electron chi connectivity index (χ4n) is 1.66. The zero-order chi connectivity index (χ0) is 16.8. The van der Waals surface area contributed by atoms with Gasteiger partial charge in [0.1, 0.15) is 5.60 Å². The first kappa shape index (κ1) is 21.5. The molecule has 0 aliphatic heterocycles. The molecule has 0 unspecified atom stereocenters. The highest BCUT2D eigenvalue weighted by Crippen LogP contribution is 2.13. The molecule has 0 spiro atoms. The predicted octanol–water partition coefficient (Wildman–Crippen LogP) is 3.17. The number of carbonyl (C=O) groups is 1. The van der Waals surface area contributed by atoms with E-state index < -0.39 is 11.7 Å². The molecule has 4 N–H and O–H groups in total. The first-order valence-electron chi connectivity index (χ1n) is 7.28. The molecule has 1 aromatic rings. The number of ether oxygens (including phenoxy) is 1. The summed E-state index contributed by atoms with van der Waals surface area (Å²) in [7, 11) is 0. The summed E-state index contributed by atoms with van der Waals surface area (Å²) in [5.74, 6) is 0.314. The lowest BCUT2D eigenvalue weighted by Crippen LogP contribution is -2.34. The highest BCUT2D eigenvalue weighted by molar-refractivity contribution is 14.0. The quantitative estimate of drug-likeness (QED) is 0.294. The normalized spacial score (nSPS) is 11.4. The Balaban J connectivity index is 0.00000484. The Labute approximate surface area is 155 Å². The smallest absolute Gasteiger partial charge is 0.407 e. The van der Waals surface area contributed by atoms with Crippen molar-refractivity contribution in [3.63, 3.8) is 0 Å². The molecule has 130 valence electrons. The van der Waals surface area contributed by atoms with Gasteiger partial charge in [-0.1, -0.05) is 6.07 Å². The molecule has 0 atom stereocenters. The van der Waals surface area contributed by atoms with Gasteiger partial charge in [-0.25, -0.2) is 4.79 Å². The predicted molar refractivity (Wildman–Crippen MR) is 106 cm³/mol. The van der Waals surface area contributed by atoms with Gasteiger partial charge in [0.25, 0.3) is 0 Å². The maximum absolute atomic E-state index is 11.4. The number of alkyl carbamates (subject to hydrolysis) is 1. The van der Waals surface area contributed by atoms with Crippen molar-refractivity contribution in [2.24, 2.45) is 10.7 Å². The third-order valence-corrected chi connectivity index (χ3v) is 2.84. The first-order valence-corrected chi connectivity index (χ1v) is 7.28. The van der Waals surface area contributed by atoms with E-state index in [1.807, 2.05) is 45.9 Å². The van der Waals surface area contributed by atoms with Crippen LogP contribution in [0.15, 0.2) is 23.2 Å². The zero-order valence-electron chi connectivity index (χ0n) is 14.4. The van der Waals surface area contributed by atoms with Crippen LogP contribution in [-0.4, -0.2) is 30.7 Å². The van der Waals surface area contributed by atoms with Crippen molar-refractivity contribution in [1.29, 1.82) is 0 Å². The van der Waals surface area contributed by atoms with Crippen molar-refractivity contribution in [2.45, 2.75) is 40.2 Å². The Morgan fingerprint density at radius 1 is 1.26 bits per heavy atom. The fourth-order valence-corrected chi connectivity index (χ4v) is 1.66. The Bertz CT molecular complexity index is 554. The molecule has 1 amide bonds. The number of nitrogens with one attached hydrogen (secondary N) is 2. The van der Waals surface area contributed by atoms with Crippen molar-refractivity contribution in [2.75, 3.05) is 18.4 Å². The minimum atomic E-state index is -0.503. The van der Waals surface area contributed by atoms with E-state index in [-0.39, 0.29) is 24.0 Å². The number of carbonyl (C=O) groups excluding carboxylic acids is 1. The second-order valence-electron chi connectivity index (χ2n) is 6.12. The molecule has 0 radical (unpaired) electrons. The van der Waals surface area contributed by atoms with Crippen LogP contribution in [-0.2, 0) is 4.74 Å². The average molecular weight is 434 g/mol. The summed E-state index contributed by atoms with van der Waals surface area (Å²) in [6, 6.07) is 5.98. The van der Waals surface area contributed by atoms with Crippen LogP contribution in [0.2, 0.25) is 0 Å². The molecule has 7 heteroatoms. The number of benzene rings is 1. The van der Waals surface area contributed by atoms with Crippen LogP contribution in [0.1, 0.15) is 31.9 Å². The standard InChI is InChI=1S/C16H26N4O2.HI/c1-11-6-7-13(10-12(11)2)20-14(17)18-8-9-19-15(21)22-16(3,4)5;/h6-7,10H,8-9H2,1-5H3,(H,19,21)(H3,17,18,20);1H. The molecule has 6 nitrogen and oxygen atoms in total. The number of halogens is 1. The van der Waals surface area contributed by atoms with Gasteiger partial charge in [0.15, 0.2) is 5.96 Å². The van der Waals surface area contributed by atoms with Gasteiger partial charge in [-0.15, -0.1) is 24.0 Å². The van der Waals surface area contributed by atoms with E-state index in [0.29, 0.717) is 19.0 Å². The SMILES string of the molecule is Cc1ccc(NC(N)=NCCNC(=O)OC(C)(C)C)cc1C.I. The number of hydrogen-bond acceptors (Lipinski definition) is 3. The Hall–Kier alpha value is -1.51. The number of aryl methyl sites for hydroxylation is 2. The molecule has 23 heavy (non-hydrogen) atoms. The third kappa shape index (κ3) is 9.27. The topological polar surface area (TPSA) is 88.7 Å². The zero-order valence-corrected chi connectivity index (χ0v) is 16.7. The van der Waals surface area contributed by atoms with E-state index in [9.17, 15) is 4.79 Å². The van der Waals surface area contributed by atoms with Gasteiger partial charge in [0.2, 0.25) is 0 Å². The molecule has 0 aliphatic rings. The number of nitrogens with zero attached hydrogens (tertiary/aromatic N) is 1. The van der Waals surface area contributed by atoms with E-state index >= 15 is 0 Å². The molecule has 1 aromatic carbocycles. The van der Waals surface area contributed by atoms with Gasteiger partial charge in [-0.3, -0.25) is 4.99 Å². The average Bonchev–Trinajstić information content (AvgIpc) is 2.37. The molecular weight excluding hydrogens is 407 g/mol. The van der Waals surface area contributed by atoms with Crippen molar-refractivity contribution in [3.8, 4) is 0 Å². The maximum atomic E-state index is 11.4. The van der Waals surface area contributed by atoms with Crippen molar-refractivity contribution < 1.29 is 9.53 Å². The largest absolute Gasteiger partial charge is 0.444 e. The maximum Gasteiger partial charge on any atom is 0.407 e. The third-order valence-electron chi connectivity index (χ3n) is 2.84. The number of guanidine groups is 1. The van der Waals surface area contributed by atoms with E-state index in [4.69, 9.17) is 10.5 Å². The second kappa shape index (κ2) is 9.59. The van der Waals surface area contributed by atoms with Gasteiger partial charge in [0.05, 0.1) is 6.54 Å². The summed E-state index contributed by atoms with van der Waals surface area (Å²) in [6.07, 6.45) is -0.455. The molecule has 0 heterocycles. The Kier molecular flexibility index (Phi) is 8.96. The number of amides is 1. The molecule has 0 fully saturated rings. The number of aliphatic imine (C=N–C) groups is 1. The minimum Gasteiger partial charge on any atom is -0.444 e. The summed E-state index contributed by atoms with van der Waals surface area (Å²) in [6.45, 7) is 10.3. The summed E-state index contributed by atoms with van der Waals surface area (Å²) in [4.78, 5) is 15.6. The van der Waals surface area contributed by atoms with Crippen LogP contribution in [0.25, 0.3) is 0 Å². The molecular formula is C16H27IN4O2. The van der Waals surface area contributed by atoms with Crippen molar-refractivity contribution in [3.05, 3.63) is 29.3 Å². The minimum absolute atomic E-state index is 0. The van der Waals surface area contributed by atoms with Crippen LogP contribution in [0, 0.1) is 13.8 Å². The van der Waals surface area contributed by atoms with Gasteiger partial charge in [0, 0.05) is 12.2 Å². The fraction of sp³-hybridized carbons (Fsp3) is 0.500. The Morgan fingerprint density at radius 3 is 2.48 bits per heavy atom. The number of hydrogen-bond donors (Lipinski definition) is 3. The monoisotopic (exact) mass is 434 g/mol. The second-order valence-corrected chi connectivity index (χ2v) is 6.12. The number of nitrogens with two attached hydrogens (primary N) is 1. The molecule has 0 aliphatic carbocycles. The molecule has 0 saturated heterocycles. The summed E-state index contributed by atoms with van der Waals surface area (Å²) in [5, 5.41) is 5.64. The van der Waals surface area contributed by atoms with Crippen LogP contribution in [0.4, 0.5) is 10.5 Å². The van der Waals surface area contributed by atoms with E-state index in [0.717, 1.165) is 5.69 Å². The van der Waals surface area contributed by atoms with Gasteiger partial charge < -0.3 is 21.1 Å². The van der Waals surface area contributed by atoms with Gasteiger partial charge in [-0.05, 0) is 57.9 Å². The van der Waals surface area contributed by atoms with Crippen LogP contribution in [0.3, 0.4) is 0 Å². The Morgan fingerprint density at radius 2 is 1.91 bits per heavy atom. The van der Waals surface area contributed by atoms with E-state index in [1.165, 1.54) is 11.1 Å². The molecule has 1 rings (SSSR count). The summed E-state index contributed by atoms with van der Waals surface area (Å²) < 4.78 is 5.12. The highest BCUT2D eigenvalue weighted by atomic mass is 127. The van der Waals surface area contributed by atoms with Gasteiger partial charge >= 0.3 is 6.09 Å². The van der Waals surface area contributed by atoms with Crippen molar-refractivity contribution in [1.82, 2.24) is 5.32 Å². The highest BCUT2D eigenvalue weighted by Gasteiger charge is 2.15. The molecule has 0 saturated carbocycles. The molecule has 0 bridgehead atoms. The van der Waals surface area contributed by atoms with Crippen LogP contribution in [0.5, 0.6) is 0 Å². The lowest BCUT2D eigenvalue weighted by molar-refractivity contribution is 0.0529. The van der Waals surface area contributed by atoms with E-state index in [1.54, 1.807) is 0 Å². The van der Waals surface area contributed by atoms with Crippen LogP contribution >= 0.6 is 24.0 Å². The van der Waals surface area contributed by atoms with E-state index in [2.05, 4.69) is 22.5 Å². The lowest BCUT2D eigenvalue weighted by Gasteiger charge is -2.19. The van der Waals surface area contributed by atoms with Gasteiger partial charge in [-0.2, -0.15) is 0 Å².